The van der Waals surface area contributed by atoms with Crippen LogP contribution in [0.15, 0.2) is 52.5 Å². The second-order valence-corrected chi connectivity index (χ2v) is 9.02. The van der Waals surface area contributed by atoms with E-state index in [1.54, 1.807) is 38.1 Å². The minimum atomic E-state index is -3.75. The Kier molecular flexibility index (Phi) is 7.23. The first-order valence-electron chi connectivity index (χ1n) is 9.91. The SMILES string of the molecule is COCCNC(=O)c1ccccc1N/N=C1\C(=O)Nc2ccc(S(=O)(=O)NC(C)C)cc21. The lowest BCUT2D eigenvalue weighted by atomic mass is 10.1. The van der Waals surface area contributed by atoms with Crippen molar-refractivity contribution >= 4 is 38.9 Å². The van der Waals surface area contributed by atoms with Crippen LogP contribution in [0.5, 0.6) is 0 Å². The Bertz CT molecular complexity index is 1160. The summed E-state index contributed by atoms with van der Waals surface area (Å²) < 4.78 is 32.5. The van der Waals surface area contributed by atoms with Crippen LogP contribution in [-0.2, 0) is 19.6 Å². The standard InChI is InChI=1S/C21H25N5O5S/c1-13(2)26-32(29,30)14-8-9-17-16(12-14)19(21(28)23-17)25-24-18-7-5-4-6-15(18)20(27)22-10-11-31-3/h4-9,12-13,24,26H,10-11H2,1-3H3,(H,22,27)(H,23,25,28). The third-order valence-electron chi connectivity index (χ3n) is 4.46. The highest BCUT2D eigenvalue weighted by Crippen LogP contribution is 2.27. The maximum atomic E-state index is 12.5. The van der Waals surface area contributed by atoms with Crippen molar-refractivity contribution < 1.29 is 22.7 Å². The van der Waals surface area contributed by atoms with E-state index in [1.807, 2.05) is 0 Å². The van der Waals surface area contributed by atoms with Gasteiger partial charge >= 0.3 is 0 Å². The number of carbonyl (C=O) groups is 2. The zero-order valence-electron chi connectivity index (χ0n) is 17.9. The predicted molar refractivity (Wildman–Crippen MR) is 121 cm³/mol. The van der Waals surface area contributed by atoms with Gasteiger partial charge in [0.15, 0.2) is 5.71 Å². The number of nitrogens with zero attached hydrogens (tertiary/aromatic N) is 1. The van der Waals surface area contributed by atoms with Crippen molar-refractivity contribution in [3.05, 3.63) is 53.6 Å². The molecule has 0 bridgehead atoms. The molecule has 32 heavy (non-hydrogen) atoms. The molecular weight excluding hydrogens is 434 g/mol. The molecule has 2 aromatic rings. The maximum absolute atomic E-state index is 12.5. The van der Waals surface area contributed by atoms with Crippen LogP contribution in [-0.4, -0.2) is 52.2 Å². The summed E-state index contributed by atoms with van der Waals surface area (Å²) in [6, 6.07) is 10.7. The summed E-state index contributed by atoms with van der Waals surface area (Å²) in [5.74, 6) is -0.810. The second-order valence-electron chi connectivity index (χ2n) is 7.30. The maximum Gasteiger partial charge on any atom is 0.276 e. The molecule has 170 valence electrons. The first-order valence-corrected chi connectivity index (χ1v) is 11.4. The fraction of sp³-hybridized carbons (Fsp3) is 0.286. The van der Waals surface area contributed by atoms with E-state index in [9.17, 15) is 18.0 Å². The smallest absolute Gasteiger partial charge is 0.276 e. The van der Waals surface area contributed by atoms with Crippen molar-refractivity contribution in [2.24, 2.45) is 5.10 Å². The van der Waals surface area contributed by atoms with E-state index in [2.05, 4.69) is 25.9 Å². The molecule has 0 atom stereocenters. The van der Waals surface area contributed by atoms with Crippen molar-refractivity contribution in [2.45, 2.75) is 24.8 Å². The minimum Gasteiger partial charge on any atom is -0.383 e. The second kappa shape index (κ2) is 9.90. The Morgan fingerprint density at radius 3 is 2.66 bits per heavy atom. The monoisotopic (exact) mass is 459 g/mol. The highest BCUT2D eigenvalue weighted by atomic mass is 32.2. The molecule has 4 N–H and O–H groups in total. The van der Waals surface area contributed by atoms with Crippen molar-refractivity contribution in [2.75, 3.05) is 31.0 Å². The molecule has 3 rings (SSSR count). The van der Waals surface area contributed by atoms with Gasteiger partial charge in [0.05, 0.1) is 28.4 Å². The number of nitrogens with one attached hydrogen (secondary N) is 4. The Balaban J connectivity index is 1.89. The first kappa shape index (κ1) is 23.4. The number of ether oxygens (including phenoxy) is 1. The zero-order valence-corrected chi connectivity index (χ0v) is 18.7. The number of sulfonamides is 1. The number of hydrogen-bond donors (Lipinski definition) is 4. The van der Waals surface area contributed by atoms with Gasteiger partial charge in [-0.3, -0.25) is 15.0 Å². The van der Waals surface area contributed by atoms with Crippen molar-refractivity contribution in [3.8, 4) is 0 Å². The molecule has 0 saturated carbocycles. The van der Waals surface area contributed by atoms with Gasteiger partial charge in [0.25, 0.3) is 11.8 Å². The van der Waals surface area contributed by atoms with Gasteiger partial charge in [0.1, 0.15) is 0 Å². The zero-order chi connectivity index (χ0) is 23.3. The van der Waals surface area contributed by atoms with Crippen molar-refractivity contribution in [1.29, 1.82) is 0 Å². The summed E-state index contributed by atoms with van der Waals surface area (Å²) >= 11 is 0. The van der Waals surface area contributed by atoms with E-state index >= 15 is 0 Å². The Morgan fingerprint density at radius 2 is 1.94 bits per heavy atom. The van der Waals surface area contributed by atoms with Crippen LogP contribution in [0.25, 0.3) is 0 Å². The average molecular weight is 460 g/mol. The van der Waals surface area contributed by atoms with E-state index in [-0.39, 0.29) is 22.6 Å². The van der Waals surface area contributed by atoms with Crippen molar-refractivity contribution in [1.82, 2.24) is 10.0 Å². The first-order chi connectivity index (χ1) is 15.2. The fourth-order valence-corrected chi connectivity index (χ4v) is 4.32. The van der Waals surface area contributed by atoms with Crippen LogP contribution in [0.4, 0.5) is 11.4 Å². The summed E-state index contributed by atoms with van der Waals surface area (Å²) in [6.45, 7) is 4.15. The van der Waals surface area contributed by atoms with Gasteiger partial charge in [-0.15, -0.1) is 0 Å². The molecule has 10 nitrogen and oxygen atoms in total. The van der Waals surface area contributed by atoms with Gasteiger partial charge in [-0.05, 0) is 44.2 Å². The Hall–Kier alpha value is -3.28. The van der Waals surface area contributed by atoms with Crippen LogP contribution in [0, 0.1) is 0 Å². The highest BCUT2D eigenvalue weighted by Gasteiger charge is 2.29. The van der Waals surface area contributed by atoms with E-state index < -0.39 is 15.9 Å². The Morgan fingerprint density at radius 1 is 1.19 bits per heavy atom. The molecule has 2 amide bonds. The average Bonchev–Trinajstić information content (AvgIpc) is 3.06. The number of hydrazone groups is 1. The molecule has 1 heterocycles. The fourth-order valence-electron chi connectivity index (χ4n) is 3.05. The molecule has 0 aliphatic carbocycles. The molecular formula is C21H25N5O5S. The largest absolute Gasteiger partial charge is 0.383 e. The lowest BCUT2D eigenvalue weighted by Gasteiger charge is -2.11. The molecule has 0 unspecified atom stereocenters. The van der Waals surface area contributed by atoms with E-state index in [0.29, 0.717) is 35.7 Å². The summed E-state index contributed by atoms with van der Waals surface area (Å²) in [6.07, 6.45) is 0. The summed E-state index contributed by atoms with van der Waals surface area (Å²) in [7, 11) is -2.21. The topological polar surface area (TPSA) is 138 Å². The number of rotatable bonds is 9. The van der Waals surface area contributed by atoms with Crippen LogP contribution < -0.4 is 20.8 Å². The van der Waals surface area contributed by atoms with E-state index in [0.717, 1.165) is 0 Å². The molecule has 11 heteroatoms. The summed E-state index contributed by atoms with van der Waals surface area (Å²) in [5, 5.41) is 9.56. The number of hydrogen-bond acceptors (Lipinski definition) is 7. The van der Waals surface area contributed by atoms with Crippen LogP contribution >= 0.6 is 0 Å². The van der Waals surface area contributed by atoms with Crippen LogP contribution in [0.2, 0.25) is 0 Å². The lowest BCUT2D eigenvalue weighted by molar-refractivity contribution is -0.110. The molecule has 0 radical (unpaired) electrons. The lowest BCUT2D eigenvalue weighted by Crippen LogP contribution is -2.30. The van der Waals surface area contributed by atoms with Gasteiger partial charge in [0.2, 0.25) is 10.0 Å². The molecule has 0 aromatic heterocycles. The molecule has 0 spiro atoms. The molecule has 1 aliphatic heterocycles. The van der Waals surface area contributed by atoms with Gasteiger partial charge in [0, 0.05) is 25.3 Å². The van der Waals surface area contributed by atoms with Gasteiger partial charge < -0.3 is 15.4 Å². The quantitative estimate of drug-likeness (QED) is 0.331. The molecule has 1 aliphatic rings. The number of amides is 2. The van der Waals surface area contributed by atoms with Crippen molar-refractivity contribution in [3.63, 3.8) is 0 Å². The Labute approximate surface area is 186 Å². The van der Waals surface area contributed by atoms with E-state index in [4.69, 9.17) is 4.74 Å². The van der Waals surface area contributed by atoms with E-state index in [1.165, 1.54) is 25.3 Å². The number of carbonyl (C=O) groups excluding carboxylic acids is 2. The third-order valence-corrected chi connectivity index (χ3v) is 6.12. The highest BCUT2D eigenvalue weighted by molar-refractivity contribution is 7.89. The molecule has 0 saturated heterocycles. The third kappa shape index (κ3) is 5.31. The van der Waals surface area contributed by atoms with Gasteiger partial charge in [-0.1, -0.05) is 12.1 Å². The summed E-state index contributed by atoms with van der Waals surface area (Å²) in [5.41, 5.74) is 4.29. The number of fused-ring (bicyclic) bond motifs is 1. The predicted octanol–water partition coefficient (Wildman–Crippen LogP) is 1.52. The normalized spacial score (nSPS) is 14.4. The van der Waals surface area contributed by atoms with Crippen LogP contribution in [0.3, 0.4) is 0 Å². The summed E-state index contributed by atoms with van der Waals surface area (Å²) in [4.78, 5) is 24.9. The number of para-hydroxylation sites is 1. The van der Waals surface area contributed by atoms with Crippen LogP contribution in [0.1, 0.15) is 29.8 Å². The minimum absolute atomic E-state index is 0.0104. The number of methoxy groups -OCH3 is 1. The molecule has 0 fully saturated rings. The van der Waals surface area contributed by atoms with Gasteiger partial charge in [-0.2, -0.15) is 5.10 Å². The number of benzene rings is 2. The van der Waals surface area contributed by atoms with Gasteiger partial charge in [-0.25, -0.2) is 13.1 Å². The molecule has 2 aromatic carbocycles. The number of anilines is 2.